The minimum Gasteiger partial charge on any atom is -0.497 e. The summed E-state index contributed by atoms with van der Waals surface area (Å²) in [5, 5.41) is 13.1. The number of anilines is 2. The van der Waals surface area contributed by atoms with Crippen LogP contribution in [0.4, 0.5) is 11.5 Å². The molecule has 0 bridgehead atoms. The number of ether oxygens (including phenoxy) is 1. The number of nitrogens with two attached hydrogens (primary N) is 1. The lowest BCUT2D eigenvalue weighted by molar-refractivity contribution is -0.116. The van der Waals surface area contributed by atoms with E-state index >= 15 is 0 Å². The first kappa shape index (κ1) is 20.8. The van der Waals surface area contributed by atoms with Crippen LogP contribution in [0.1, 0.15) is 28.5 Å². The van der Waals surface area contributed by atoms with Crippen molar-refractivity contribution >= 4 is 23.3 Å². The van der Waals surface area contributed by atoms with E-state index in [0.29, 0.717) is 11.4 Å². The van der Waals surface area contributed by atoms with E-state index in [2.05, 4.69) is 27.9 Å². The fraction of sp³-hybridized carbons (Fsp3) is 0.238. The summed E-state index contributed by atoms with van der Waals surface area (Å²) in [6, 6.07) is 14.9. The van der Waals surface area contributed by atoms with E-state index < -0.39 is 5.91 Å². The third-order valence-corrected chi connectivity index (χ3v) is 4.51. The van der Waals surface area contributed by atoms with Gasteiger partial charge in [0, 0.05) is 12.2 Å². The molecule has 0 radical (unpaired) electrons. The Morgan fingerprint density at radius 2 is 1.90 bits per heavy atom. The molecule has 0 unspecified atom stereocenters. The number of carbonyl (C=O) groups is 2. The molecule has 0 aliphatic rings. The monoisotopic (exact) mass is 408 g/mol. The minimum absolute atomic E-state index is 0.0228. The molecule has 4 N–H and O–H groups in total. The fourth-order valence-electron chi connectivity index (χ4n) is 2.81. The SMILES string of the molecule is CCc1ccc(NC(=O)Cn2nnc(C(=O)NCc3cccc(OC)c3)c2N)cc1. The smallest absolute Gasteiger partial charge is 0.275 e. The van der Waals surface area contributed by atoms with Gasteiger partial charge in [0.25, 0.3) is 5.91 Å². The maximum atomic E-state index is 12.4. The average molecular weight is 408 g/mol. The third-order valence-electron chi connectivity index (χ3n) is 4.51. The number of nitrogens with zero attached hydrogens (tertiary/aromatic N) is 3. The average Bonchev–Trinajstić information content (AvgIpc) is 3.12. The van der Waals surface area contributed by atoms with Crippen LogP contribution in [0.2, 0.25) is 0 Å². The van der Waals surface area contributed by atoms with Crippen LogP contribution < -0.4 is 21.1 Å². The first-order valence-corrected chi connectivity index (χ1v) is 9.49. The van der Waals surface area contributed by atoms with Crippen molar-refractivity contribution < 1.29 is 14.3 Å². The van der Waals surface area contributed by atoms with E-state index in [1.165, 1.54) is 10.2 Å². The van der Waals surface area contributed by atoms with Crippen molar-refractivity contribution in [3.8, 4) is 5.75 Å². The van der Waals surface area contributed by atoms with Crippen LogP contribution in [0.5, 0.6) is 5.75 Å². The third kappa shape index (κ3) is 5.13. The molecule has 1 aromatic heterocycles. The number of carbonyl (C=O) groups excluding carboxylic acids is 2. The van der Waals surface area contributed by atoms with Crippen LogP contribution in [0, 0.1) is 0 Å². The van der Waals surface area contributed by atoms with Gasteiger partial charge in [-0.25, -0.2) is 4.68 Å². The number of nitrogens with one attached hydrogen (secondary N) is 2. The maximum absolute atomic E-state index is 12.4. The molecule has 3 rings (SSSR count). The van der Waals surface area contributed by atoms with Crippen molar-refractivity contribution in [3.05, 3.63) is 65.4 Å². The van der Waals surface area contributed by atoms with Gasteiger partial charge in [0.2, 0.25) is 5.91 Å². The van der Waals surface area contributed by atoms with Crippen LogP contribution in [-0.4, -0.2) is 33.9 Å². The Morgan fingerprint density at radius 1 is 1.13 bits per heavy atom. The molecule has 1 heterocycles. The molecule has 0 fully saturated rings. The highest BCUT2D eigenvalue weighted by molar-refractivity contribution is 5.96. The molecule has 0 spiro atoms. The Hall–Kier alpha value is -3.88. The molecular formula is C21H24N6O3. The number of hydrogen-bond donors (Lipinski definition) is 3. The van der Waals surface area contributed by atoms with Crippen molar-refractivity contribution in [1.82, 2.24) is 20.3 Å². The Bertz CT molecular complexity index is 1030. The highest BCUT2D eigenvalue weighted by Gasteiger charge is 2.19. The predicted octanol–water partition coefficient (Wildman–Crippen LogP) is 2.00. The second kappa shape index (κ2) is 9.55. The zero-order valence-electron chi connectivity index (χ0n) is 16.9. The Labute approximate surface area is 174 Å². The summed E-state index contributed by atoms with van der Waals surface area (Å²) >= 11 is 0. The second-order valence-corrected chi connectivity index (χ2v) is 6.61. The van der Waals surface area contributed by atoms with Crippen LogP contribution in [0.25, 0.3) is 0 Å². The summed E-state index contributed by atoms with van der Waals surface area (Å²) in [5.41, 5.74) is 8.66. The number of methoxy groups -OCH3 is 1. The Kier molecular flexibility index (Phi) is 6.63. The van der Waals surface area contributed by atoms with Gasteiger partial charge in [0.1, 0.15) is 12.3 Å². The lowest BCUT2D eigenvalue weighted by Crippen LogP contribution is -2.25. The number of aryl methyl sites for hydroxylation is 1. The highest BCUT2D eigenvalue weighted by Crippen LogP contribution is 2.14. The zero-order valence-corrected chi connectivity index (χ0v) is 16.9. The first-order chi connectivity index (χ1) is 14.5. The van der Waals surface area contributed by atoms with Gasteiger partial charge in [0.05, 0.1) is 7.11 Å². The summed E-state index contributed by atoms with van der Waals surface area (Å²) in [5.74, 6) is -0.0755. The van der Waals surface area contributed by atoms with Crippen molar-refractivity contribution in [1.29, 1.82) is 0 Å². The van der Waals surface area contributed by atoms with Crippen molar-refractivity contribution in [3.63, 3.8) is 0 Å². The molecule has 0 saturated heterocycles. The van der Waals surface area contributed by atoms with E-state index in [1.54, 1.807) is 7.11 Å². The van der Waals surface area contributed by atoms with Gasteiger partial charge in [-0.2, -0.15) is 0 Å². The topological polar surface area (TPSA) is 124 Å². The van der Waals surface area contributed by atoms with Gasteiger partial charge < -0.3 is 21.1 Å². The summed E-state index contributed by atoms with van der Waals surface area (Å²) < 4.78 is 6.35. The summed E-state index contributed by atoms with van der Waals surface area (Å²) in [6.45, 7) is 2.18. The van der Waals surface area contributed by atoms with Crippen LogP contribution in [-0.2, 0) is 24.3 Å². The Balaban J connectivity index is 1.58. The molecule has 2 amide bonds. The molecule has 156 valence electrons. The van der Waals surface area contributed by atoms with Crippen molar-refractivity contribution in [2.24, 2.45) is 0 Å². The largest absolute Gasteiger partial charge is 0.497 e. The highest BCUT2D eigenvalue weighted by atomic mass is 16.5. The van der Waals surface area contributed by atoms with Gasteiger partial charge in [-0.3, -0.25) is 9.59 Å². The molecule has 0 aliphatic heterocycles. The lowest BCUT2D eigenvalue weighted by atomic mass is 10.1. The molecule has 0 atom stereocenters. The van der Waals surface area contributed by atoms with Crippen LogP contribution in [0.15, 0.2) is 48.5 Å². The van der Waals surface area contributed by atoms with E-state index in [0.717, 1.165) is 12.0 Å². The van der Waals surface area contributed by atoms with Gasteiger partial charge in [-0.1, -0.05) is 36.4 Å². The molecule has 0 aliphatic carbocycles. The van der Waals surface area contributed by atoms with Gasteiger partial charge in [-0.05, 0) is 41.8 Å². The summed E-state index contributed by atoms with van der Waals surface area (Å²) in [7, 11) is 1.58. The summed E-state index contributed by atoms with van der Waals surface area (Å²) in [6.07, 6.45) is 0.923. The standard InChI is InChI=1S/C21H24N6O3/c1-3-14-7-9-16(10-8-14)24-18(28)13-27-20(22)19(25-26-27)21(29)23-12-15-5-4-6-17(11-15)30-2/h4-11H,3,12-13,22H2,1-2H3,(H,23,29)(H,24,28). The van der Waals surface area contributed by atoms with Gasteiger partial charge in [-0.15, -0.1) is 5.10 Å². The summed E-state index contributed by atoms with van der Waals surface area (Å²) in [4.78, 5) is 24.7. The van der Waals surface area contributed by atoms with E-state index in [9.17, 15) is 9.59 Å². The Morgan fingerprint density at radius 3 is 2.60 bits per heavy atom. The molecule has 9 heteroatoms. The van der Waals surface area contributed by atoms with Crippen molar-refractivity contribution in [2.45, 2.75) is 26.4 Å². The zero-order chi connectivity index (χ0) is 21.5. The van der Waals surface area contributed by atoms with Gasteiger partial charge in [0.15, 0.2) is 11.5 Å². The number of nitrogen functional groups attached to an aromatic ring is 1. The van der Waals surface area contributed by atoms with Crippen molar-refractivity contribution in [2.75, 3.05) is 18.2 Å². The van der Waals surface area contributed by atoms with Gasteiger partial charge >= 0.3 is 0 Å². The number of amides is 2. The molecular weight excluding hydrogens is 384 g/mol. The quantitative estimate of drug-likeness (QED) is 0.524. The van der Waals surface area contributed by atoms with E-state index in [-0.39, 0.29) is 30.5 Å². The molecule has 2 aromatic carbocycles. The number of aromatic nitrogens is 3. The van der Waals surface area contributed by atoms with Crippen LogP contribution >= 0.6 is 0 Å². The van der Waals surface area contributed by atoms with E-state index in [1.807, 2.05) is 48.5 Å². The second-order valence-electron chi connectivity index (χ2n) is 6.61. The normalized spacial score (nSPS) is 10.5. The molecule has 0 saturated carbocycles. The fourth-order valence-corrected chi connectivity index (χ4v) is 2.81. The van der Waals surface area contributed by atoms with E-state index in [4.69, 9.17) is 10.5 Å². The number of benzene rings is 2. The first-order valence-electron chi connectivity index (χ1n) is 9.49. The number of hydrogen-bond acceptors (Lipinski definition) is 6. The minimum atomic E-state index is -0.475. The van der Waals surface area contributed by atoms with Crippen LogP contribution in [0.3, 0.4) is 0 Å². The molecule has 30 heavy (non-hydrogen) atoms. The molecule has 9 nitrogen and oxygen atoms in total. The maximum Gasteiger partial charge on any atom is 0.275 e. The molecule has 3 aromatic rings. The lowest BCUT2D eigenvalue weighted by Gasteiger charge is -2.07. The predicted molar refractivity (Wildman–Crippen MR) is 113 cm³/mol. The number of rotatable bonds is 8.